The molecule has 1 heterocycles. The molecule has 190 valence electrons. The highest BCUT2D eigenvalue weighted by Crippen LogP contribution is 2.30. The van der Waals surface area contributed by atoms with Gasteiger partial charge in [-0.25, -0.2) is 12.8 Å². The molecule has 1 saturated carbocycles. The molecule has 0 N–H and O–H groups in total. The highest BCUT2D eigenvalue weighted by molar-refractivity contribution is 7.89. The first-order chi connectivity index (χ1) is 16.2. The predicted molar refractivity (Wildman–Crippen MR) is 130 cm³/mol. The Labute approximate surface area is 203 Å². The van der Waals surface area contributed by atoms with Crippen LogP contribution in [-0.2, 0) is 26.2 Å². The third kappa shape index (κ3) is 6.78. The molecule has 0 spiro atoms. The number of carbonyl (C=O) groups excluding carboxylic acids is 2. The highest BCUT2D eigenvalue weighted by atomic mass is 32.2. The van der Waals surface area contributed by atoms with Gasteiger partial charge in [0.15, 0.2) is 0 Å². The number of rotatable bonds is 11. The van der Waals surface area contributed by atoms with Crippen molar-refractivity contribution in [3.63, 3.8) is 0 Å². The molecule has 0 atom stereocenters. The van der Waals surface area contributed by atoms with E-state index in [1.54, 1.807) is 17.0 Å². The minimum Gasteiger partial charge on any atom is -0.342 e. The Kier molecular flexibility index (Phi) is 9.47. The maximum Gasteiger partial charge on any atom is 0.238 e. The average molecular weight is 496 g/mol. The van der Waals surface area contributed by atoms with Crippen LogP contribution in [-0.4, -0.2) is 72.3 Å². The summed E-state index contributed by atoms with van der Waals surface area (Å²) in [6.45, 7) is 5.28. The van der Waals surface area contributed by atoms with E-state index in [2.05, 4.69) is 0 Å². The molecule has 9 heteroatoms. The maximum absolute atomic E-state index is 13.5. The minimum absolute atomic E-state index is 0.0138. The van der Waals surface area contributed by atoms with Crippen LogP contribution in [0.5, 0.6) is 0 Å². The molecule has 1 aromatic carbocycles. The standard InChI is InChI=1S/C25H38FN3O4S/c1-3-14-28(34(32,33)17-4-2)19-24(30)29(18-20-8-10-22(26)11-9-20)23-12-15-27(16-13-23)25(31)21-6-5-7-21/h8-11,21,23H,3-7,12-19H2,1-2H3. The molecule has 7 nitrogen and oxygen atoms in total. The Morgan fingerprint density at radius 1 is 1.03 bits per heavy atom. The van der Waals surface area contributed by atoms with Gasteiger partial charge in [0.2, 0.25) is 21.8 Å². The zero-order chi connectivity index (χ0) is 24.7. The third-order valence-electron chi connectivity index (χ3n) is 6.90. The Balaban J connectivity index is 1.74. The van der Waals surface area contributed by atoms with E-state index in [-0.39, 0.29) is 48.4 Å². The molecule has 3 rings (SSSR count). The molecule has 2 fully saturated rings. The highest BCUT2D eigenvalue weighted by Gasteiger charge is 2.35. The van der Waals surface area contributed by atoms with Gasteiger partial charge in [0.25, 0.3) is 0 Å². The fourth-order valence-electron chi connectivity index (χ4n) is 4.71. The predicted octanol–water partition coefficient (Wildman–Crippen LogP) is 3.40. The summed E-state index contributed by atoms with van der Waals surface area (Å²) in [6, 6.07) is 5.95. The molecular weight excluding hydrogens is 457 g/mol. The van der Waals surface area contributed by atoms with Crippen molar-refractivity contribution < 1.29 is 22.4 Å². The van der Waals surface area contributed by atoms with Crippen LogP contribution in [0.2, 0.25) is 0 Å². The van der Waals surface area contributed by atoms with E-state index in [9.17, 15) is 22.4 Å². The van der Waals surface area contributed by atoms with Crippen molar-refractivity contribution in [3.05, 3.63) is 35.6 Å². The number of hydrogen-bond acceptors (Lipinski definition) is 4. The molecule has 0 unspecified atom stereocenters. The van der Waals surface area contributed by atoms with Crippen molar-refractivity contribution in [2.75, 3.05) is 31.9 Å². The molecule has 0 radical (unpaired) electrons. The lowest BCUT2D eigenvalue weighted by atomic mass is 9.84. The number of piperidine rings is 1. The van der Waals surface area contributed by atoms with Gasteiger partial charge in [0, 0.05) is 38.1 Å². The number of hydrogen-bond donors (Lipinski definition) is 0. The van der Waals surface area contributed by atoms with Gasteiger partial charge in [0.1, 0.15) is 5.82 Å². The van der Waals surface area contributed by atoms with E-state index in [0.29, 0.717) is 45.3 Å². The number of benzene rings is 1. The zero-order valence-electron chi connectivity index (χ0n) is 20.4. The van der Waals surface area contributed by atoms with E-state index in [4.69, 9.17) is 0 Å². The number of nitrogens with zero attached hydrogens (tertiary/aromatic N) is 3. The van der Waals surface area contributed by atoms with Gasteiger partial charge in [-0.2, -0.15) is 4.31 Å². The van der Waals surface area contributed by atoms with Gasteiger partial charge in [-0.1, -0.05) is 32.4 Å². The van der Waals surface area contributed by atoms with Crippen molar-refractivity contribution in [1.29, 1.82) is 0 Å². The fraction of sp³-hybridized carbons (Fsp3) is 0.680. The first kappa shape index (κ1) is 26.6. The molecule has 34 heavy (non-hydrogen) atoms. The van der Waals surface area contributed by atoms with Gasteiger partial charge >= 0.3 is 0 Å². The second kappa shape index (κ2) is 12.1. The summed E-state index contributed by atoms with van der Waals surface area (Å²) in [6.07, 6.45) is 5.46. The lowest BCUT2D eigenvalue weighted by Gasteiger charge is -2.41. The van der Waals surface area contributed by atoms with E-state index in [1.807, 2.05) is 18.7 Å². The fourth-order valence-corrected chi connectivity index (χ4v) is 6.26. The number of likely N-dealkylation sites (tertiary alicyclic amines) is 1. The van der Waals surface area contributed by atoms with Crippen LogP contribution in [0.15, 0.2) is 24.3 Å². The van der Waals surface area contributed by atoms with Gasteiger partial charge in [0.05, 0.1) is 12.3 Å². The van der Waals surface area contributed by atoms with Crippen molar-refractivity contribution in [2.24, 2.45) is 5.92 Å². The minimum atomic E-state index is -3.52. The summed E-state index contributed by atoms with van der Waals surface area (Å²) in [5.74, 6) is -0.203. The third-order valence-corrected chi connectivity index (χ3v) is 8.92. The van der Waals surface area contributed by atoms with Gasteiger partial charge in [-0.3, -0.25) is 9.59 Å². The van der Waals surface area contributed by atoms with Gasteiger partial charge < -0.3 is 9.80 Å². The van der Waals surface area contributed by atoms with E-state index < -0.39 is 10.0 Å². The largest absolute Gasteiger partial charge is 0.342 e. The van der Waals surface area contributed by atoms with Crippen LogP contribution < -0.4 is 0 Å². The Morgan fingerprint density at radius 3 is 2.21 bits per heavy atom. The molecule has 0 aromatic heterocycles. The lowest BCUT2D eigenvalue weighted by Crippen LogP contribution is -2.52. The molecule has 2 amide bonds. The van der Waals surface area contributed by atoms with E-state index >= 15 is 0 Å². The van der Waals surface area contributed by atoms with E-state index in [1.165, 1.54) is 16.4 Å². The topological polar surface area (TPSA) is 78.0 Å². The number of halogens is 1. The van der Waals surface area contributed by atoms with Crippen LogP contribution in [0, 0.1) is 11.7 Å². The molecule has 0 bridgehead atoms. The molecule has 1 aliphatic carbocycles. The number of amides is 2. The molecular formula is C25H38FN3O4S. The second-order valence-corrected chi connectivity index (χ2v) is 11.6. The van der Waals surface area contributed by atoms with Crippen molar-refractivity contribution in [3.8, 4) is 0 Å². The quantitative estimate of drug-likeness (QED) is 0.471. The van der Waals surface area contributed by atoms with Gasteiger partial charge in [-0.05, 0) is 56.2 Å². The first-order valence-corrected chi connectivity index (χ1v) is 14.2. The van der Waals surface area contributed by atoms with Crippen LogP contribution >= 0.6 is 0 Å². The summed E-state index contributed by atoms with van der Waals surface area (Å²) in [5, 5.41) is 0. The van der Waals surface area contributed by atoms with Crippen LogP contribution in [0.4, 0.5) is 4.39 Å². The first-order valence-electron chi connectivity index (χ1n) is 12.6. The molecule has 2 aliphatic rings. The number of sulfonamides is 1. The smallest absolute Gasteiger partial charge is 0.238 e. The lowest BCUT2D eigenvalue weighted by molar-refractivity contribution is -0.141. The summed E-state index contributed by atoms with van der Waals surface area (Å²) in [5.41, 5.74) is 0.793. The Bertz CT molecular complexity index is 926. The number of carbonyl (C=O) groups is 2. The Morgan fingerprint density at radius 2 is 1.68 bits per heavy atom. The summed E-state index contributed by atoms with van der Waals surface area (Å²) in [4.78, 5) is 29.8. The summed E-state index contributed by atoms with van der Waals surface area (Å²) in [7, 11) is -3.52. The Hall–Kier alpha value is -2.00. The summed E-state index contributed by atoms with van der Waals surface area (Å²) < 4.78 is 40.2. The van der Waals surface area contributed by atoms with Crippen LogP contribution in [0.3, 0.4) is 0 Å². The second-order valence-electron chi connectivity index (χ2n) is 9.48. The van der Waals surface area contributed by atoms with Crippen LogP contribution in [0.1, 0.15) is 64.4 Å². The van der Waals surface area contributed by atoms with Crippen molar-refractivity contribution >= 4 is 21.8 Å². The van der Waals surface area contributed by atoms with Gasteiger partial charge in [-0.15, -0.1) is 0 Å². The maximum atomic E-state index is 13.5. The van der Waals surface area contributed by atoms with Crippen molar-refractivity contribution in [2.45, 2.75) is 71.4 Å². The zero-order valence-corrected chi connectivity index (χ0v) is 21.2. The molecule has 1 aromatic rings. The van der Waals surface area contributed by atoms with Crippen molar-refractivity contribution in [1.82, 2.24) is 14.1 Å². The average Bonchev–Trinajstić information content (AvgIpc) is 2.77. The summed E-state index contributed by atoms with van der Waals surface area (Å²) >= 11 is 0. The molecule has 1 saturated heterocycles. The molecule has 1 aliphatic heterocycles. The van der Waals surface area contributed by atoms with Crippen LogP contribution in [0.25, 0.3) is 0 Å². The van der Waals surface area contributed by atoms with E-state index in [0.717, 1.165) is 24.8 Å². The SMILES string of the molecule is CCCN(CC(=O)N(Cc1ccc(F)cc1)C1CCN(C(=O)C2CCC2)CC1)S(=O)(=O)CCC. The monoisotopic (exact) mass is 495 g/mol. The normalized spacial score (nSPS) is 17.6.